The molecule has 0 spiro atoms. The Morgan fingerprint density at radius 3 is 2.95 bits per heavy atom. The second-order valence-corrected chi connectivity index (χ2v) is 5.68. The number of nitrogens with zero attached hydrogens (tertiary/aromatic N) is 3. The van der Waals surface area contributed by atoms with Gasteiger partial charge >= 0.3 is 0 Å². The Bertz CT molecular complexity index is 637. The number of aromatic nitrogens is 3. The van der Waals surface area contributed by atoms with Crippen LogP contribution in [-0.2, 0) is 0 Å². The molecule has 1 N–H and O–H groups in total. The normalized spacial score (nSPS) is 24.6. The second-order valence-electron chi connectivity index (χ2n) is 5.68. The lowest BCUT2D eigenvalue weighted by Gasteiger charge is -2.36. The summed E-state index contributed by atoms with van der Waals surface area (Å²) >= 11 is 0. The van der Waals surface area contributed by atoms with Gasteiger partial charge in [0.1, 0.15) is 5.82 Å². The molecular weight excluding hydrogens is 255 g/mol. The number of anilines is 1. The molecule has 1 aliphatic heterocycles. The van der Waals surface area contributed by atoms with Crippen LogP contribution in [0.4, 0.5) is 10.3 Å². The van der Waals surface area contributed by atoms with Gasteiger partial charge in [-0.1, -0.05) is 25.0 Å². The number of rotatable bonds is 1. The molecule has 0 radical (unpaired) electrons. The fourth-order valence-corrected chi connectivity index (χ4v) is 3.40. The van der Waals surface area contributed by atoms with Crippen LogP contribution in [-0.4, -0.2) is 21.3 Å². The van der Waals surface area contributed by atoms with E-state index in [0.29, 0.717) is 23.3 Å². The third kappa shape index (κ3) is 1.80. The van der Waals surface area contributed by atoms with E-state index < -0.39 is 0 Å². The smallest absolute Gasteiger partial charge is 0.221 e. The van der Waals surface area contributed by atoms with Crippen LogP contribution in [0.15, 0.2) is 24.3 Å². The fourth-order valence-electron chi connectivity index (χ4n) is 3.40. The highest BCUT2D eigenvalue weighted by molar-refractivity contribution is 5.57. The molecule has 1 aliphatic carbocycles. The lowest BCUT2D eigenvalue weighted by Crippen LogP contribution is -2.35. The zero-order valence-electron chi connectivity index (χ0n) is 11.2. The van der Waals surface area contributed by atoms with Crippen molar-refractivity contribution >= 4 is 5.95 Å². The molecule has 104 valence electrons. The van der Waals surface area contributed by atoms with Gasteiger partial charge < -0.3 is 5.32 Å². The Hall–Kier alpha value is -1.91. The van der Waals surface area contributed by atoms with E-state index in [-0.39, 0.29) is 5.82 Å². The molecule has 2 aliphatic rings. The van der Waals surface area contributed by atoms with Gasteiger partial charge in [-0.05, 0) is 30.9 Å². The summed E-state index contributed by atoms with van der Waals surface area (Å²) in [5.41, 5.74) is 0.476. The summed E-state index contributed by atoms with van der Waals surface area (Å²) in [5, 5.41) is 7.91. The highest BCUT2D eigenvalue weighted by Crippen LogP contribution is 2.38. The first-order valence-electron chi connectivity index (χ1n) is 7.28. The Labute approximate surface area is 117 Å². The van der Waals surface area contributed by atoms with Crippen molar-refractivity contribution < 1.29 is 4.39 Å². The zero-order chi connectivity index (χ0) is 13.5. The fraction of sp³-hybridized carbons (Fsp3) is 0.467. The lowest BCUT2D eigenvalue weighted by atomic mass is 9.84. The van der Waals surface area contributed by atoms with Crippen LogP contribution >= 0.6 is 0 Å². The zero-order valence-corrected chi connectivity index (χ0v) is 11.2. The van der Waals surface area contributed by atoms with Gasteiger partial charge in [0.2, 0.25) is 5.95 Å². The monoisotopic (exact) mass is 272 g/mol. The van der Waals surface area contributed by atoms with Crippen molar-refractivity contribution in [1.82, 2.24) is 14.8 Å². The van der Waals surface area contributed by atoms with Crippen molar-refractivity contribution in [2.24, 2.45) is 5.92 Å². The summed E-state index contributed by atoms with van der Waals surface area (Å²) in [4.78, 5) is 4.47. The average Bonchev–Trinajstić information content (AvgIpc) is 2.92. The quantitative estimate of drug-likeness (QED) is 0.866. The Morgan fingerprint density at radius 2 is 2.05 bits per heavy atom. The average molecular weight is 272 g/mol. The van der Waals surface area contributed by atoms with E-state index in [1.807, 2.05) is 10.7 Å². The molecule has 2 aromatic rings. The molecule has 2 heterocycles. The van der Waals surface area contributed by atoms with Gasteiger partial charge in [0, 0.05) is 6.54 Å². The van der Waals surface area contributed by atoms with Gasteiger partial charge in [-0.25, -0.2) is 9.07 Å². The van der Waals surface area contributed by atoms with Crippen LogP contribution in [0.3, 0.4) is 0 Å². The molecule has 0 saturated heterocycles. The largest absolute Gasteiger partial charge is 0.354 e. The molecule has 1 saturated carbocycles. The number of nitrogens with one attached hydrogen (secondary N) is 1. The highest BCUT2D eigenvalue weighted by Gasteiger charge is 2.33. The predicted octanol–water partition coefficient (Wildman–Crippen LogP) is 3.24. The van der Waals surface area contributed by atoms with Crippen molar-refractivity contribution in [1.29, 1.82) is 0 Å². The van der Waals surface area contributed by atoms with Gasteiger partial charge in [0.25, 0.3) is 0 Å². The van der Waals surface area contributed by atoms with Crippen LogP contribution in [0.1, 0.15) is 31.7 Å². The van der Waals surface area contributed by atoms with Crippen molar-refractivity contribution in [3.05, 3.63) is 30.1 Å². The molecule has 1 aromatic heterocycles. The third-order valence-corrected chi connectivity index (χ3v) is 4.45. The second kappa shape index (κ2) is 4.58. The third-order valence-electron chi connectivity index (χ3n) is 4.45. The minimum absolute atomic E-state index is 0.268. The van der Waals surface area contributed by atoms with Gasteiger partial charge in [0.15, 0.2) is 5.82 Å². The van der Waals surface area contributed by atoms with Crippen molar-refractivity contribution in [3.8, 4) is 11.4 Å². The summed E-state index contributed by atoms with van der Waals surface area (Å²) in [6.45, 7) is 0.958. The van der Waals surface area contributed by atoms with Crippen LogP contribution < -0.4 is 5.32 Å². The van der Waals surface area contributed by atoms with E-state index in [4.69, 9.17) is 0 Å². The van der Waals surface area contributed by atoms with E-state index >= 15 is 0 Å². The summed E-state index contributed by atoms with van der Waals surface area (Å²) in [7, 11) is 0. The van der Waals surface area contributed by atoms with Crippen molar-refractivity contribution in [2.75, 3.05) is 11.9 Å². The van der Waals surface area contributed by atoms with Crippen LogP contribution in [0.25, 0.3) is 11.4 Å². The van der Waals surface area contributed by atoms with E-state index in [9.17, 15) is 4.39 Å². The number of fused-ring (bicyclic) bond motifs is 3. The Balaban J connectivity index is 1.76. The molecule has 0 amide bonds. The summed E-state index contributed by atoms with van der Waals surface area (Å²) < 4.78 is 15.8. The molecule has 1 aromatic carbocycles. The molecule has 2 unspecified atom stereocenters. The number of hydrogen-bond donors (Lipinski definition) is 1. The molecule has 0 bridgehead atoms. The number of benzene rings is 1. The molecule has 2 atom stereocenters. The van der Waals surface area contributed by atoms with Gasteiger partial charge in [-0.15, -0.1) is 5.10 Å². The van der Waals surface area contributed by atoms with E-state index in [1.54, 1.807) is 12.1 Å². The minimum atomic E-state index is -0.268. The lowest BCUT2D eigenvalue weighted by molar-refractivity contribution is 0.222. The Kier molecular flexibility index (Phi) is 2.72. The number of hydrogen-bond acceptors (Lipinski definition) is 3. The molecular formula is C15H17FN4. The topological polar surface area (TPSA) is 42.7 Å². The summed E-state index contributed by atoms with van der Waals surface area (Å²) in [6, 6.07) is 7.11. The molecule has 4 rings (SSSR count). The number of halogens is 1. The maximum Gasteiger partial charge on any atom is 0.221 e. The predicted molar refractivity (Wildman–Crippen MR) is 74.9 cm³/mol. The SMILES string of the molecule is Fc1ccccc1-c1nc2n(n1)C1CCCCC1CN2. The van der Waals surface area contributed by atoms with Gasteiger partial charge in [-0.3, -0.25) is 0 Å². The Morgan fingerprint density at radius 1 is 1.20 bits per heavy atom. The first-order valence-corrected chi connectivity index (χ1v) is 7.28. The molecule has 1 fully saturated rings. The standard InChI is InChI=1S/C15H17FN4/c16-12-7-3-2-6-11(12)14-18-15-17-9-10-5-1-4-8-13(10)20(15)19-14/h2-3,6-7,10,13H,1,4-5,8-9H2,(H,17,18,19). The molecule has 20 heavy (non-hydrogen) atoms. The van der Waals surface area contributed by atoms with Crippen LogP contribution in [0.2, 0.25) is 0 Å². The first kappa shape index (κ1) is 11.9. The minimum Gasteiger partial charge on any atom is -0.354 e. The van der Waals surface area contributed by atoms with Crippen LogP contribution in [0, 0.1) is 11.7 Å². The summed E-state index contributed by atoms with van der Waals surface area (Å²) in [5.74, 6) is 1.63. The van der Waals surface area contributed by atoms with Crippen molar-refractivity contribution in [3.63, 3.8) is 0 Å². The maximum atomic E-state index is 13.9. The van der Waals surface area contributed by atoms with Crippen molar-refractivity contribution in [2.45, 2.75) is 31.7 Å². The van der Waals surface area contributed by atoms with Gasteiger partial charge in [-0.2, -0.15) is 4.98 Å². The summed E-state index contributed by atoms with van der Waals surface area (Å²) in [6.07, 6.45) is 4.94. The van der Waals surface area contributed by atoms with Gasteiger partial charge in [0.05, 0.1) is 11.6 Å². The van der Waals surface area contributed by atoms with E-state index in [1.165, 1.54) is 25.3 Å². The van der Waals surface area contributed by atoms with Crippen LogP contribution in [0.5, 0.6) is 0 Å². The van der Waals surface area contributed by atoms with E-state index in [0.717, 1.165) is 18.9 Å². The first-order chi connectivity index (χ1) is 9.83. The maximum absolute atomic E-state index is 13.9. The molecule has 5 heteroatoms. The van der Waals surface area contributed by atoms with E-state index in [2.05, 4.69) is 15.4 Å². The molecule has 4 nitrogen and oxygen atoms in total. The highest BCUT2D eigenvalue weighted by atomic mass is 19.1.